The van der Waals surface area contributed by atoms with Gasteiger partial charge in [0.15, 0.2) is 0 Å². The minimum atomic E-state index is -3.53. The molecule has 1 N–H and O–H groups in total. The molecule has 26 heavy (non-hydrogen) atoms. The Morgan fingerprint density at radius 2 is 1.85 bits per heavy atom. The number of likely N-dealkylation sites (tertiary alicyclic amines) is 1. The third kappa shape index (κ3) is 2.87. The number of imide groups is 1. The molecule has 4 rings (SSSR count). The van der Waals surface area contributed by atoms with E-state index in [1.54, 1.807) is 18.3 Å². The maximum Gasteiger partial charge on any atom is 0.325 e. The Balaban J connectivity index is 1.42. The van der Waals surface area contributed by atoms with Crippen molar-refractivity contribution in [2.24, 2.45) is 11.8 Å². The van der Waals surface area contributed by atoms with Gasteiger partial charge in [0.25, 0.3) is 0 Å². The SMILES string of the molecule is CN1C(=O)CC(N2CC3CN(S(=O)(=O)c4cccnc4)CC3C2)NC1=O. The zero-order valence-electron chi connectivity index (χ0n) is 14.4. The molecule has 0 spiro atoms. The summed E-state index contributed by atoms with van der Waals surface area (Å²) in [6.07, 6.45) is 2.86. The van der Waals surface area contributed by atoms with Crippen molar-refractivity contribution in [2.45, 2.75) is 17.5 Å². The molecule has 3 amide bonds. The number of hydrogen-bond donors (Lipinski definition) is 1. The largest absolute Gasteiger partial charge is 0.325 e. The quantitative estimate of drug-likeness (QED) is 0.762. The monoisotopic (exact) mass is 379 g/mol. The number of pyridine rings is 1. The van der Waals surface area contributed by atoms with E-state index >= 15 is 0 Å². The van der Waals surface area contributed by atoms with Crippen molar-refractivity contribution in [2.75, 3.05) is 33.2 Å². The summed E-state index contributed by atoms with van der Waals surface area (Å²) >= 11 is 0. The number of nitrogens with zero attached hydrogens (tertiary/aromatic N) is 4. The van der Waals surface area contributed by atoms with Crippen molar-refractivity contribution in [1.82, 2.24) is 24.4 Å². The highest BCUT2D eigenvalue weighted by atomic mass is 32.2. The highest BCUT2D eigenvalue weighted by Crippen LogP contribution is 2.35. The van der Waals surface area contributed by atoms with Gasteiger partial charge in [0, 0.05) is 45.6 Å². The normalized spacial score (nSPS) is 30.5. The van der Waals surface area contributed by atoms with Crippen LogP contribution in [0, 0.1) is 11.8 Å². The summed E-state index contributed by atoms with van der Waals surface area (Å²) in [6.45, 7) is 2.25. The first kappa shape index (κ1) is 17.4. The Morgan fingerprint density at radius 3 is 2.42 bits per heavy atom. The number of urea groups is 1. The lowest BCUT2D eigenvalue weighted by atomic mass is 10.0. The molecule has 10 heteroatoms. The Kier molecular flexibility index (Phi) is 4.20. The van der Waals surface area contributed by atoms with Crippen molar-refractivity contribution in [1.29, 1.82) is 0 Å². The van der Waals surface area contributed by atoms with Crippen LogP contribution < -0.4 is 5.32 Å². The van der Waals surface area contributed by atoms with Crippen LogP contribution in [0.25, 0.3) is 0 Å². The molecule has 0 saturated carbocycles. The van der Waals surface area contributed by atoms with Gasteiger partial charge in [0.05, 0.1) is 12.6 Å². The number of sulfonamides is 1. The third-order valence-corrected chi connectivity index (χ3v) is 7.35. The van der Waals surface area contributed by atoms with Gasteiger partial charge in [-0.1, -0.05) is 0 Å². The third-order valence-electron chi connectivity index (χ3n) is 5.53. The first-order valence-corrected chi connectivity index (χ1v) is 10.0. The number of carbonyl (C=O) groups excluding carboxylic acids is 2. The number of amides is 3. The minimum Gasteiger partial charge on any atom is -0.322 e. The van der Waals surface area contributed by atoms with Crippen LogP contribution in [-0.2, 0) is 14.8 Å². The smallest absolute Gasteiger partial charge is 0.322 e. The average molecular weight is 379 g/mol. The molecule has 3 aliphatic rings. The summed E-state index contributed by atoms with van der Waals surface area (Å²) in [7, 11) is -2.06. The number of hydrogen-bond acceptors (Lipinski definition) is 6. The van der Waals surface area contributed by atoms with Gasteiger partial charge in [0.1, 0.15) is 4.90 Å². The molecule has 4 heterocycles. The van der Waals surface area contributed by atoms with E-state index in [0.29, 0.717) is 26.2 Å². The first-order valence-electron chi connectivity index (χ1n) is 8.57. The van der Waals surface area contributed by atoms with Gasteiger partial charge in [-0.15, -0.1) is 0 Å². The predicted molar refractivity (Wildman–Crippen MR) is 91.3 cm³/mol. The number of aromatic nitrogens is 1. The molecular formula is C16H21N5O4S. The zero-order valence-corrected chi connectivity index (χ0v) is 15.2. The van der Waals surface area contributed by atoms with E-state index in [2.05, 4.69) is 15.2 Å². The summed E-state index contributed by atoms with van der Waals surface area (Å²) in [5.41, 5.74) is 0. The maximum absolute atomic E-state index is 12.7. The highest BCUT2D eigenvalue weighted by Gasteiger charge is 2.47. The summed E-state index contributed by atoms with van der Waals surface area (Å²) < 4.78 is 27.0. The van der Waals surface area contributed by atoms with Crippen LogP contribution in [0.5, 0.6) is 0 Å². The van der Waals surface area contributed by atoms with E-state index in [1.165, 1.54) is 17.5 Å². The van der Waals surface area contributed by atoms with Crippen LogP contribution in [0.3, 0.4) is 0 Å². The molecule has 1 aromatic heterocycles. The van der Waals surface area contributed by atoms with E-state index in [0.717, 1.165) is 4.90 Å². The number of rotatable bonds is 3. The van der Waals surface area contributed by atoms with E-state index in [-0.39, 0.29) is 41.3 Å². The molecule has 3 atom stereocenters. The summed E-state index contributed by atoms with van der Waals surface area (Å²) in [5.74, 6) is 0.206. The molecule has 3 saturated heterocycles. The fourth-order valence-electron chi connectivity index (χ4n) is 4.01. The van der Waals surface area contributed by atoms with Crippen molar-refractivity contribution >= 4 is 22.0 Å². The zero-order chi connectivity index (χ0) is 18.5. The second-order valence-corrected chi connectivity index (χ2v) is 9.04. The molecule has 0 aliphatic carbocycles. The predicted octanol–water partition coefficient (Wildman–Crippen LogP) is -0.468. The molecular weight excluding hydrogens is 358 g/mol. The van der Waals surface area contributed by atoms with Gasteiger partial charge in [-0.05, 0) is 24.0 Å². The summed E-state index contributed by atoms with van der Waals surface area (Å²) in [6, 6.07) is 2.79. The van der Waals surface area contributed by atoms with E-state index in [4.69, 9.17) is 0 Å². The Bertz CT molecular complexity index is 798. The molecule has 140 valence electrons. The summed E-state index contributed by atoms with van der Waals surface area (Å²) in [4.78, 5) is 31.0. The lowest BCUT2D eigenvalue weighted by molar-refractivity contribution is -0.130. The van der Waals surface area contributed by atoms with Crippen molar-refractivity contribution in [3.8, 4) is 0 Å². The average Bonchev–Trinajstić information content (AvgIpc) is 3.19. The van der Waals surface area contributed by atoms with Gasteiger partial charge in [0.2, 0.25) is 15.9 Å². The molecule has 1 aromatic rings. The maximum atomic E-state index is 12.7. The fourth-order valence-corrected chi connectivity index (χ4v) is 5.53. The number of fused-ring (bicyclic) bond motifs is 1. The molecule has 9 nitrogen and oxygen atoms in total. The molecule has 0 radical (unpaired) electrons. The first-order chi connectivity index (χ1) is 12.4. The van der Waals surface area contributed by atoms with Crippen LogP contribution in [0.4, 0.5) is 4.79 Å². The van der Waals surface area contributed by atoms with Gasteiger partial charge in [-0.25, -0.2) is 13.2 Å². The Morgan fingerprint density at radius 1 is 1.15 bits per heavy atom. The highest BCUT2D eigenvalue weighted by molar-refractivity contribution is 7.89. The van der Waals surface area contributed by atoms with Crippen LogP contribution in [0.15, 0.2) is 29.4 Å². The Labute approximate surface area is 152 Å². The van der Waals surface area contributed by atoms with Gasteiger partial charge < -0.3 is 5.32 Å². The van der Waals surface area contributed by atoms with Gasteiger partial charge in [-0.3, -0.25) is 19.6 Å². The van der Waals surface area contributed by atoms with Crippen molar-refractivity contribution < 1.29 is 18.0 Å². The van der Waals surface area contributed by atoms with Gasteiger partial charge >= 0.3 is 6.03 Å². The van der Waals surface area contributed by atoms with Crippen molar-refractivity contribution in [3.05, 3.63) is 24.5 Å². The Hall–Kier alpha value is -2.04. The summed E-state index contributed by atoms with van der Waals surface area (Å²) in [5, 5.41) is 2.85. The molecule has 3 fully saturated rings. The van der Waals surface area contributed by atoms with E-state index in [9.17, 15) is 18.0 Å². The fraction of sp³-hybridized carbons (Fsp3) is 0.562. The number of nitrogens with one attached hydrogen (secondary N) is 1. The molecule has 0 aromatic carbocycles. The second-order valence-electron chi connectivity index (χ2n) is 7.11. The minimum absolute atomic E-state index is 0.198. The second kappa shape index (κ2) is 6.29. The van der Waals surface area contributed by atoms with Gasteiger partial charge in [-0.2, -0.15) is 4.31 Å². The lowest BCUT2D eigenvalue weighted by Gasteiger charge is -2.35. The van der Waals surface area contributed by atoms with Crippen LogP contribution in [-0.4, -0.2) is 78.8 Å². The van der Waals surface area contributed by atoms with E-state index < -0.39 is 10.0 Å². The molecule has 3 aliphatic heterocycles. The van der Waals surface area contributed by atoms with E-state index in [1.807, 2.05) is 0 Å². The molecule has 3 unspecified atom stereocenters. The molecule has 0 bridgehead atoms. The topological polar surface area (TPSA) is 103 Å². The lowest BCUT2D eigenvalue weighted by Crippen LogP contribution is -2.59. The van der Waals surface area contributed by atoms with Crippen LogP contribution in [0.2, 0.25) is 0 Å². The van der Waals surface area contributed by atoms with Crippen LogP contribution in [0.1, 0.15) is 6.42 Å². The standard InChI is InChI=1S/C16H21N5O4S/c1-19-15(22)5-14(18-16(19)23)20-7-11-9-21(10-12(11)8-20)26(24,25)13-3-2-4-17-6-13/h2-4,6,11-12,14H,5,7-10H2,1H3,(H,18,23). The number of carbonyl (C=O) groups is 2. The van der Waals surface area contributed by atoms with Crippen molar-refractivity contribution in [3.63, 3.8) is 0 Å². The van der Waals surface area contributed by atoms with Crippen LogP contribution >= 0.6 is 0 Å².